The summed E-state index contributed by atoms with van der Waals surface area (Å²) in [4.78, 5) is 0. The lowest BCUT2D eigenvalue weighted by Crippen LogP contribution is -1.96. The number of aromatic nitrogens is 3. The van der Waals surface area contributed by atoms with E-state index < -0.39 is 0 Å². The molecular formula is C53H35N3. The highest BCUT2D eigenvalue weighted by molar-refractivity contribution is 6.13. The molecule has 11 aromatic rings. The van der Waals surface area contributed by atoms with Gasteiger partial charge in [-0.15, -0.1) is 0 Å². The Morgan fingerprint density at radius 2 is 0.911 bits per heavy atom. The van der Waals surface area contributed by atoms with Gasteiger partial charge in [-0.2, -0.15) is 5.10 Å². The molecule has 56 heavy (non-hydrogen) atoms. The third kappa shape index (κ3) is 5.17. The fraction of sp³-hybridized carbons (Fsp3) is 0. The Hall–Kier alpha value is -7.49. The predicted octanol–water partition coefficient (Wildman–Crippen LogP) is 13.9. The maximum Gasteiger partial charge on any atom is 0.101 e. The molecule has 0 saturated carbocycles. The SMILES string of the molecule is c1ccc(-c2nn3c(-c4ccccc4)cc4c(-c5ccc(-c6ccc7c(c6)c6ccccc6n7-c6ccccc6)cc5)cccc4c3c2-c2ccccc2)cc1. The standard InChI is InChI=1S/C53H35N3/c1-5-16-38(17-6-1)50-35-46-43(25-15-26-45(46)53-51(39-18-7-2-8-19-39)52(54-56(50)53)40-20-9-3-10-21-40)37-30-28-36(29-31-37)41-32-33-49-47(34-41)44-24-13-14-27-48(44)55(49)42-22-11-4-12-23-42/h1-35H. The van der Waals surface area contributed by atoms with Crippen molar-refractivity contribution in [1.82, 2.24) is 14.2 Å². The van der Waals surface area contributed by atoms with Crippen LogP contribution in [0.3, 0.4) is 0 Å². The van der Waals surface area contributed by atoms with E-state index >= 15 is 0 Å². The first-order chi connectivity index (χ1) is 27.8. The Kier molecular flexibility index (Phi) is 7.49. The van der Waals surface area contributed by atoms with Crippen molar-refractivity contribution in [3.05, 3.63) is 212 Å². The maximum atomic E-state index is 5.41. The average Bonchev–Trinajstić information content (AvgIpc) is 3.84. The zero-order chi connectivity index (χ0) is 37.0. The van der Waals surface area contributed by atoms with E-state index in [-0.39, 0.29) is 0 Å². The lowest BCUT2D eigenvalue weighted by atomic mass is 9.92. The van der Waals surface area contributed by atoms with Crippen LogP contribution in [0.4, 0.5) is 0 Å². The van der Waals surface area contributed by atoms with Gasteiger partial charge in [0.1, 0.15) is 5.69 Å². The van der Waals surface area contributed by atoms with Crippen LogP contribution in [0.2, 0.25) is 0 Å². The van der Waals surface area contributed by atoms with Crippen LogP contribution in [-0.4, -0.2) is 14.2 Å². The minimum atomic E-state index is 0.972. The van der Waals surface area contributed by atoms with E-state index in [1.165, 1.54) is 60.5 Å². The van der Waals surface area contributed by atoms with Gasteiger partial charge in [0.05, 0.1) is 22.2 Å². The molecule has 3 heteroatoms. The van der Waals surface area contributed by atoms with Gasteiger partial charge in [0.15, 0.2) is 0 Å². The third-order valence-electron chi connectivity index (χ3n) is 11.2. The Balaban J connectivity index is 1.09. The molecule has 0 radical (unpaired) electrons. The normalized spacial score (nSPS) is 11.6. The van der Waals surface area contributed by atoms with Crippen LogP contribution in [0.1, 0.15) is 0 Å². The van der Waals surface area contributed by atoms with Crippen LogP contribution < -0.4 is 0 Å². The molecule has 11 rings (SSSR count). The molecule has 0 aliphatic rings. The molecule has 3 aromatic heterocycles. The van der Waals surface area contributed by atoms with E-state index in [0.29, 0.717) is 0 Å². The fourth-order valence-electron chi connectivity index (χ4n) is 8.56. The molecule has 8 aromatic carbocycles. The first kappa shape index (κ1) is 32.0. The molecule has 0 unspecified atom stereocenters. The molecule has 0 amide bonds. The van der Waals surface area contributed by atoms with Crippen molar-refractivity contribution in [3.63, 3.8) is 0 Å². The van der Waals surface area contributed by atoms with E-state index in [0.717, 1.165) is 39.2 Å². The number of pyridine rings is 1. The predicted molar refractivity (Wildman–Crippen MR) is 234 cm³/mol. The highest BCUT2D eigenvalue weighted by atomic mass is 15.2. The van der Waals surface area contributed by atoms with Crippen LogP contribution in [0.15, 0.2) is 212 Å². The van der Waals surface area contributed by atoms with Gasteiger partial charge in [-0.25, -0.2) is 4.52 Å². The van der Waals surface area contributed by atoms with Crippen molar-refractivity contribution in [2.75, 3.05) is 0 Å². The number of benzene rings is 8. The lowest BCUT2D eigenvalue weighted by molar-refractivity contribution is 0.979. The zero-order valence-corrected chi connectivity index (χ0v) is 30.5. The fourth-order valence-corrected chi connectivity index (χ4v) is 8.56. The number of rotatable bonds is 6. The summed E-state index contributed by atoms with van der Waals surface area (Å²) in [6, 6.07) is 76.2. The summed E-state index contributed by atoms with van der Waals surface area (Å²) in [7, 11) is 0. The van der Waals surface area contributed by atoms with Gasteiger partial charge in [-0.1, -0.05) is 176 Å². The minimum Gasteiger partial charge on any atom is -0.309 e. The van der Waals surface area contributed by atoms with Crippen molar-refractivity contribution in [1.29, 1.82) is 0 Å². The van der Waals surface area contributed by atoms with E-state index in [9.17, 15) is 0 Å². The van der Waals surface area contributed by atoms with Crippen LogP contribution >= 0.6 is 0 Å². The van der Waals surface area contributed by atoms with Crippen molar-refractivity contribution < 1.29 is 0 Å². The molecule has 3 heterocycles. The first-order valence-corrected chi connectivity index (χ1v) is 19.1. The molecule has 262 valence electrons. The summed E-state index contributed by atoms with van der Waals surface area (Å²) in [5.74, 6) is 0. The van der Waals surface area contributed by atoms with E-state index in [1.54, 1.807) is 0 Å². The summed E-state index contributed by atoms with van der Waals surface area (Å²) in [6.45, 7) is 0. The largest absolute Gasteiger partial charge is 0.309 e. The molecule has 0 atom stereocenters. The zero-order valence-electron chi connectivity index (χ0n) is 30.5. The summed E-state index contributed by atoms with van der Waals surface area (Å²) < 4.78 is 4.53. The molecule has 0 N–H and O–H groups in total. The second-order valence-electron chi connectivity index (χ2n) is 14.4. The average molecular weight is 714 g/mol. The Morgan fingerprint density at radius 1 is 0.339 bits per heavy atom. The Morgan fingerprint density at radius 3 is 1.64 bits per heavy atom. The molecule has 0 spiro atoms. The van der Waals surface area contributed by atoms with Crippen molar-refractivity contribution >= 4 is 38.1 Å². The molecule has 3 nitrogen and oxygen atoms in total. The second kappa shape index (κ2) is 13.1. The minimum absolute atomic E-state index is 0.972. The highest BCUT2D eigenvalue weighted by Gasteiger charge is 2.22. The monoisotopic (exact) mass is 713 g/mol. The molecule has 0 fully saturated rings. The molecular weight excluding hydrogens is 679 g/mol. The van der Waals surface area contributed by atoms with Gasteiger partial charge < -0.3 is 4.57 Å². The van der Waals surface area contributed by atoms with Gasteiger partial charge in [-0.05, 0) is 69.6 Å². The Bertz CT molecular complexity index is 3200. The van der Waals surface area contributed by atoms with E-state index in [2.05, 4.69) is 221 Å². The number of nitrogens with zero attached hydrogens (tertiary/aromatic N) is 3. The van der Waals surface area contributed by atoms with Gasteiger partial charge in [-0.3, -0.25) is 0 Å². The van der Waals surface area contributed by atoms with Crippen molar-refractivity contribution in [3.8, 4) is 61.6 Å². The number of fused-ring (bicyclic) bond motifs is 6. The van der Waals surface area contributed by atoms with Crippen LogP contribution in [-0.2, 0) is 0 Å². The van der Waals surface area contributed by atoms with E-state index in [1.807, 2.05) is 0 Å². The summed E-state index contributed by atoms with van der Waals surface area (Å²) in [6.07, 6.45) is 0. The third-order valence-corrected chi connectivity index (χ3v) is 11.2. The number of hydrogen-bond donors (Lipinski definition) is 0. The summed E-state index contributed by atoms with van der Waals surface area (Å²) >= 11 is 0. The molecule has 0 saturated heterocycles. The lowest BCUT2D eigenvalue weighted by Gasteiger charge is -2.14. The summed E-state index contributed by atoms with van der Waals surface area (Å²) in [5, 5.41) is 10.3. The smallest absolute Gasteiger partial charge is 0.101 e. The maximum absolute atomic E-state index is 5.41. The van der Waals surface area contributed by atoms with Gasteiger partial charge in [0, 0.05) is 38.5 Å². The van der Waals surface area contributed by atoms with Gasteiger partial charge in [0.2, 0.25) is 0 Å². The Labute approximate surface area is 325 Å². The van der Waals surface area contributed by atoms with E-state index in [4.69, 9.17) is 5.10 Å². The van der Waals surface area contributed by atoms with Crippen LogP contribution in [0, 0.1) is 0 Å². The van der Waals surface area contributed by atoms with Crippen LogP contribution in [0.5, 0.6) is 0 Å². The number of hydrogen-bond acceptors (Lipinski definition) is 1. The first-order valence-electron chi connectivity index (χ1n) is 19.1. The number of para-hydroxylation sites is 2. The summed E-state index contributed by atoms with van der Waals surface area (Å²) in [5.41, 5.74) is 16.0. The topological polar surface area (TPSA) is 22.2 Å². The van der Waals surface area contributed by atoms with Crippen LogP contribution in [0.25, 0.3) is 99.7 Å². The molecule has 0 aliphatic heterocycles. The quantitative estimate of drug-likeness (QED) is 0.168. The molecule has 0 bridgehead atoms. The highest BCUT2D eigenvalue weighted by Crippen LogP contribution is 2.43. The van der Waals surface area contributed by atoms with Crippen molar-refractivity contribution in [2.45, 2.75) is 0 Å². The van der Waals surface area contributed by atoms with Gasteiger partial charge in [0.25, 0.3) is 0 Å². The molecule has 0 aliphatic carbocycles. The van der Waals surface area contributed by atoms with Crippen molar-refractivity contribution in [2.24, 2.45) is 0 Å². The second-order valence-corrected chi connectivity index (χ2v) is 14.4. The van der Waals surface area contributed by atoms with Gasteiger partial charge >= 0.3 is 0 Å².